The maximum Gasteiger partial charge on any atom is 0.338 e. The summed E-state index contributed by atoms with van der Waals surface area (Å²) in [5, 5.41) is 19.9. The first-order valence-electron chi connectivity index (χ1n) is 9.25. The second kappa shape index (κ2) is 8.54. The minimum atomic E-state index is -0.868. The maximum atomic E-state index is 12.6. The lowest BCUT2D eigenvalue weighted by molar-refractivity contribution is 0.0139. The molecule has 0 saturated carbocycles. The SMILES string of the molecule is CC1=CCC[C@](C)(O)C=C[C@H](C(C)C)[C@@H](OC(=O)c2ccc(O)cc2)C1. The van der Waals surface area contributed by atoms with Gasteiger partial charge in [-0.15, -0.1) is 0 Å². The number of hydrogen-bond acceptors (Lipinski definition) is 4. The molecular weight excluding hydrogens is 328 g/mol. The van der Waals surface area contributed by atoms with Crippen LogP contribution >= 0.6 is 0 Å². The Balaban J connectivity index is 2.28. The van der Waals surface area contributed by atoms with Crippen LogP contribution in [0.4, 0.5) is 0 Å². The van der Waals surface area contributed by atoms with Gasteiger partial charge in [-0.05, 0) is 56.9 Å². The smallest absolute Gasteiger partial charge is 0.338 e. The summed E-state index contributed by atoms with van der Waals surface area (Å²) in [5.41, 5.74) is 0.706. The van der Waals surface area contributed by atoms with Crippen LogP contribution in [-0.2, 0) is 4.74 Å². The summed E-state index contributed by atoms with van der Waals surface area (Å²) >= 11 is 0. The average molecular weight is 358 g/mol. The number of esters is 1. The molecule has 3 atom stereocenters. The van der Waals surface area contributed by atoms with Crippen LogP contribution in [-0.4, -0.2) is 27.9 Å². The molecule has 1 aromatic rings. The second-order valence-electron chi connectivity index (χ2n) is 7.82. The van der Waals surface area contributed by atoms with Gasteiger partial charge in [0.2, 0.25) is 0 Å². The van der Waals surface area contributed by atoms with Crippen molar-refractivity contribution in [2.75, 3.05) is 0 Å². The molecule has 2 rings (SSSR count). The number of ether oxygens (including phenoxy) is 1. The second-order valence-corrected chi connectivity index (χ2v) is 7.82. The molecule has 0 radical (unpaired) electrons. The van der Waals surface area contributed by atoms with E-state index in [-0.39, 0.29) is 23.7 Å². The van der Waals surface area contributed by atoms with E-state index >= 15 is 0 Å². The van der Waals surface area contributed by atoms with Crippen molar-refractivity contribution in [3.05, 3.63) is 53.6 Å². The fourth-order valence-corrected chi connectivity index (χ4v) is 3.25. The van der Waals surface area contributed by atoms with Crippen molar-refractivity contribution < 1.29 is 19.7 Å². The van der Waals surface area contributed by atoms with Crippen molar-refractivity contribution in [3.63, 3.8) is 0 Å². The molecule has 1 aliphatic rings. The molecule has 26 heavy (non-hydrogen) atoms. The van der Waals surface area contributed by atoms with Gasteiger partial charge in [0.25, 0.3) is 0 Å². The molecule has 0 aliphatic heterocycles. The Morgan fingerprint density at radius 2 is 1.92 bits per heavy atom. The van der Waals surface area contributed by atoms with Crippen molar-refractivity contribution in [2.24, 2.45) is 11.8 Å². The average Bonchev–Trinajstić information content (AvgIpc) is 2.54. The molecule has 4 nitrogen and oxygen atoms in total. The highest BCUT2D eigenvalue weighted by Crippen LogP contribution is 2.29. The third kappa shape index (κ3) is 5.73. The van der Waals surface area contributed by atoms with Crippen LogP contribution in [0.25, 0.3) is 0 Å². The monoisotopic (exact) mass is 358 g/mol. The van der Waals surface area contributed by atoms with E-state index in [9.17, 15) is 15.0 Å². The third-order valence-electron chi connectivity index (χ3n) is 4.90. The van der Waals surface area contributed by atoms with Gasteiger partial charge < -0.3 is 14.9 Å². The summed E-state index contributed by atoms with van der Waals surface area (Å²) in [6.07, 6.45) is 7.77. The molecule has 0 unspecified atom stereocenters. The van der Waals surface area contributed by atoms with Gasteiger partial charge in [0, 0.05) is 12.3 Å². The molecule has 2 N–H and O–H groups in total. The standard InChI is InChI=1S/C22H30O4/c1-15(2)19-11-13-22(4,25)12-5-6-16(3)14-20(19)26-21(24)17-7-9-18(23)10-8-17/h6-11,13,15,19-20,23,25H,5,12,14H2,1-4H3/t19-,20+,22+/m1/s1. The largest absolute Gasteiger partial charge is 0.508 e. The van der Waals surface area contributed by atoms with Crippen LogP contribution in [0.3, 0.4) is 0 Å². The first-order valence-corrected chi connectivity index (χ1v) is 9.25. The van der Waals surface area contributed by atoms with E-state index in [0.717, 1.165) is 12.0 Å². The van der Waals surface area contributed by atoms with Crippen molar-refractivity contribution in [3.8, 4) is 5.75 Å². The zero-order valence-corrected chi connectivity index (χ0v) is 16.1. The molecule has 0 aromatic heterocycles. The maximum absolute atomic E-state index is 12.6. The summed E-state index contributed by atoms with van der Waals surface area (Å²) in [6.45, 7) is 8.04. The van der Waals surface area contributed by atoms with Gasteiger partial charge in [0.05, 0.1) is 11.2 Å². The number of allylic oxidation sites excluding steroid dienone is 1. The molecule has 0 fully saturated rings. The number of phenols is 1. The Labute approximate surface area is 156 Å². The molecule has 0 heterocycles. The Kier molecular flexibility index (Phi) is 6.65. The van der Waals surface area contributed by atoms with E-state index in [1.54, 1.807) is 12.1 Å². The van der Waals surface area contributed by atoms with Gasteiger partial charge in [-0.25, -0.2) is 4.79 Å². The molecule has 0 amide bonds. The summed E-state index contributed by atoms with van der Waals surface area (Å²) < 4.78 is 5.87. The zero-order chi connectivity index (χ0) is 19.3. The van der Waals surface area contributed by atoms with Crippen LogP contribution in [0, 0.1) is 11.8 Å². The Morgan fingerprint density at radius 1 is 1.27 bits per heavy atom. The summed E-state index contributed by atoms with van der Waals surface area (Å²) in [7, 11) is 0. The first-order chi connectivity index (χ1) is 12.2. The molecule has 0 bridgehead atoms. The van der Waals surface area contributed by atoms with Gasteiger partial charge in [-0.3, -0.25) is 0 Å². The van der Waals surface area contributed by atoms with E-state index in [1.165, 1.54) is 12.1 Å². The zero-order valence-electron chi connectivity index (χ0n) is 16.1. The lowest BCUT2D eigenvalue weighted by Gasteiger charge is -2.30. The topological polar surface area (TPSA) is 66.8 Å². The highest BCUT2D eigenvalue weighted by Gasteiger charge is 2.29. The van der Waals surface area contributed by atoms with Crippen molar-refractivity contribution in [1.29, 1.82) is 0 Å². The van der Waals surface area contributed by atoms with E-state index in [4.69, 9.17) is 4.74 Å². The van der Waals surface area contributed by atoms with Crippen LogP contribution in [0.15, 0.2) is 48.1 Å². The lowest BCUT2D eigenvalue weighted by atomic mass is 9.83. The van der Waals surface area contributed by atoms with E-state index in [2.05, 4.69) is 19.9 Å². The van der Waals surface area contributed by atoms with Crippen molar-refractivity contribution in [1.82, 2.24) is 0 Å². The minimum absolute atomic E-state index is 0.00369. The molecular formula is C22H30O4. The number of benzene rings is 1. The van der Waals surface area contributed by atoms with Crippen molar-refractivity contribution in [2.45, 2.75) is 58.7 Å². The van der Waals surface area contributed by atoms with Gasteiger partial charge in [0.15, 0.2) is 0 Å². The number of carbonyl (C=O) groups is 1. The Hall–Kier alpha value is -2.07. The summed E-state index contributed by atoms with van der Waals surface area (Å²) in [6, 6.07) is 6.08. The highest BCUT2D eigenvalue weighted by atomic mass is 16.5. The van der Waals surface area contributed by atoms with Crippen LogP contribution in [0.1, 0.15) is 57.3 Å². The molecule has 0 saturated heterocycles. The van der Waals surface area contributed by atoms with Crippen LogP contribution in [0.5, 0.6) is 5.75 Å². The number of aliphatic hydroxyl groups is 1. The quantitative estimate of drug-likeness (QED) is 0.611. The van der Waals surface area contributed by atoms with Crippen LogP contribution in [0.2, 0.25) is 0 Å². The number of phenolic OH excluding ortho intramolecular Hbond substituents is 1. The van der Waals surface area contributed by atoms with E-state index < -0.39 is 11.6 Å². The molecule has 1 aliphatic carbocycles. The summed E-state index contributed by atoms with van der Waals surface area (Å²) in [5.74, 6) is -0.0224. The fourth-order valence-electron chi connectivity index (χ4n) is 3.25. The fraction of sp³-hybridized carbons (Fsp3) is 0.500. The van der Waals surface area contributed by atoms with E-state index in [1.807, 2.05) is 26.0 Å². The predicted octanol–water partition coefficient (Wildman–Crippen LogP) is 4.63. The minimum Gasteiger partial charge on any atom is -0.508 e. The van der Waals surface area contributed by atoms with E-state index in [0.29, 0.717) is 18.4 Å². The number of hydrogen-bond donors (Lipinski definition) is 2. The highest BCUT2D eigenvalue weighted by molar-refractivity contribution is 5.89. The van der Waals surface area contributed by atoms with Gasteiger partial charge in [0.1, 0.15) is 11.9 Å². The van der Waals surface area contributed by atoms with Crippen molar-refractivity contribution >= 4 is 5.97 Å². The predicted molar refractivity (Wildman–Crippen MR) is 103 cm³/mol. The van der Waals surface area contributed by atoms with Crippen LogP contribution < -0.4 is 0 Å². The normalized spacial score (nSPS) is 27.1. The van der Waals surface area contributed by atoms with Gasteiger partial charge in [-0.2, -0.15) is 0 Å². The third-order valence-corrected chi connectivity index (χ3v) is 4.90. The Morgan fingerprint density at radius 3 is 2.54 bits per heavy atom. The molecule has 0 spiro atoms. The number of rotatable bonds is 3. The number of carbonyl (C=O) groups excluding carboxylic acids is 1. The van der Waals surface area contributed by atoms with Gasteiger partial charge >= 0.3 is 5.97 Å². The summed E-state index contributed by atoms with van der Waals surface area (Å²) in [4.78, 5) is 12.6. The lowest BCUT2D eigenvalue weighted by Crippen LogP contribution is -2.31. The molecule has 4 heteroatoms. The van der Waals surface area contributed by atoms with Gasteiger partial charge in [-0.1, -0.05) is 37.6 Å². The number of aromatic hydroxyl groups is 1. The molecule has 1 aromatic carbocycles. The Bertz CT molecular complexity index is 668. The molecule has 142 valence electrons. The first kappa shape index (κ1) is 20.2.